The van der Waals surface area contributed by atoms with Gasteiger partial charge in [-0.15, -0.1) is 11.3 Å². The molecule has 0 atom stereocenters. The van der Waals surface area contributed by atoms with Gasteiger partial charge in [0, 0.05) is 5.56 Å². The minimum absolute atomic E-state index is 0.0669. The first-order valence-electron chi connectivity index (χ1n) is 5.20. The number of hydrogen-bond donors (Lipinski definition) is 3. The van der Waals surface area contributed by atoms with Crippen molar-refractivity contribution in [3.05, 3.63) is 51.2 Å². The van der Waals surface area contributed by atoms with Gasteiger partial charge in [0.15, 0.2) is 0 Å². The van der Waals surface area contributed by atoms with Crippen LogP contribution in [0.4, 0.5) is 0 Å². The summed E-state index contributed by atoms with van der Waals surface area (Å²) in [5.74, 6) is -1.03. The summed E-state index contributed by atoms with van der Waals surface area (Å²) < 4.78 is 0. The van der Waals surface area contributed by atoms with E-state index in [0.717, 1.165) is 0 Å². The molecule has 2 rings (SSSR count). The lowest BCUT2D eigenvalue weighted by Crippen LogP contribution is -2.41. The normalized spacial score (nSPS) is 9.95. The lowest BCUT2D eigenvalue weighted by molar-refractivity contribution is 0.0849. The van der Waals surface area contributed by atoms with E-state index in [1.54, 1.807) is 17.5 Å². The summed E-state index contributed by atoms with van der Waals surface area (Å²) >= 11 is 6.95. The van der Waals surface area contributed by atoms with Gasteiger partial charge in [-0.3, -0.25) is 20.4 Å². The maximum atomic E-state index is 11.7. The van der Waals surface area contributed by atoms with Gasteiger partial charge < -0.3 is 5.11 Å². The average Bonchev–Trinajstić information content (AvgIpc) is 2.92. The highest BCUT2D eigenvalue weighted by Gasteiger charge is 2.11. The van der Waals surface area contributed by atoms with E-state index in [2.05, 4.69) is 10.9 Å². The van der Waals surface area contributed by atoms with E-state index in [-0.39, 0.29) is 16.3 Å². The molecule has 1 aromatic carbocycles. The molecule has 0 bridgehead atoms. The Balaban J connectivity index is 1.98. The minimum atomic E-state index is -0.521. The summed E-state index contributed by atoms with van der Waals surface area (Å²) in [4.78, 5) is 23.8. The van der Waals surface area contributed by atoms with Crippen LogP contribution in [0.25, 0.3) is 0 Å². The number of amides is 2. The fourth-order valence-electron chi connectivity index (χ4n) is 1.30. The molecule has 0 spiro atoms. The van der Waals surface area contributed by atoms with Crippen molar-refractivity contribution in [3.63, 3.8) is 0 Å². The monoisotopic (exact) mass is 296 g/mol. The van der Waals surface area contributed by atoms with Crippen molar-refractivity contribution in [3.8, 4) is 5.75 Å². The van der Waals surface area contributed by atoms with Crippen LogP contribution < -0.4 is 10.9 Å². The molecular weight excluding hydrogens is 288 g/mol. The second-order valence-corrected chi connectivity index (χ2v) is 4.91. The van der Waals surface area contributed by atoms with Crippen LogP contribution in [0.2, 0.25) is 5.02 Å². The van der Waals surface area contributed by atoms with Crippen molar-refractivity contribution in [2.75, 3.05) is 0 Å². The third kappa shape index (κ3) is 3.24. The number of phenolic OH excluding ortho intramolecular Hbond substituents is 1. The van der Waals surface area contributed by atoms with E-state index in [9.17, 15) is 14.7 Å². The van der Waals surface area contributed by atoms with Crippen LogP contribution in [-0.4, -0.2) is 16.9 Å². The first-order chi connectivity index (χ1) is 9.08. The van der Waals surface area contributed by atoms with E-state index in [1.807, 2.05) is 0 Å². The predicted molar refractivity (Wildman–Crippen MR) is 72.4 cm³/mol. The molecule has 19 heavy (non-hydrogen) atoms. The molecule has 7 heteroatoms. The van der Waals surface area contributed by atoms with Gasteiger partial charge in [0.1, 0.15) is 5.75 Å². The molecule has 0 saturated heterocycles. The van der Waals surface area contributed by atoms with Gasteiger partial charge in [-0.05, 0) is 29.6 Å². The van der Waals surface area contributed by atoms with E-state index in [1.165, 1.54) is 29.5 Å². The molecule has 0 fully saturated rings. The van der Waals surface area contributed by atoms with E-state index in [4.69, 9.17) is 11.6 Å². The molecule has 0 radical (unpaired) electrons. The summed E-state index contributed by atoms with van der Waals surface area (Å²) in [5.41, 5.74) is 4.78. The number of hydrogen-bond acceptors (Lipinski definition) is 4. The molecular formula is C12H9ClN2O3S. The zero-order valence-corrected chi connectivity index (χ0v) is 11.1. The number of hydrazine groups is 1. The first kappa shape index (κ1) is 13.4. The number of aromatic hydroxyl groups is 1. The highest BCUT2D eigenvalue weighted by Crippen LogP contribution is 2.23. The molecule has 2 amide bonds. The third-order valence-corrected chi connectivity index (χ3v) is 3.42. The number of carbonyl (C=O) groups is 2. The van der Waals surface area contributed by atoms with Crippen molar-refractivity contribution >= 4 is 34.8 Å². The van der Waals surface area contributed by atoms with Crippen molar-refractivity contribution < 1.29 is 14.7 Å². The van der Waals surface area contributed by atoms with Gasteiger partial charge in [-0.1, -0.05) is 17.7 Å². The van der Waals surface area contributed by atoms with E-state index < -0.39 is 11.8 Å². The van der Waals surface area contributed by atoms with Crippen LogP contribution in [0.15, 0.2) is 35.7 Å². The van der Waals surface area contributed by atoms with Crippen LogP contribution in [0.5, 0.6) is 5.75 Å². The molecule has 1 aromatic heterocycles. The number of phenols is 1. The van der Waals surface area contributed by atoms with Crippen LogP contribution in [-0.2, 0) is 0 Å². The molecule has 0 aliphatic carbocycles. The zero-order chi connectivity index (χ0) is 13.8. The Morgan fingerprint density at radius 2 is 1.89 bits per heavy atom. The first-order valence-corrected chi connectivity index (χ1v) is 6.46. The Labute approximate surface area is 117 Å². The van der Waals surface area contributed by atoms with Crippen LogP contribution in [0.1, 0.15) is 20.0 Å². The summed E-state index contributed by atoms with van der Waals surface area (Å²) in [6.07, 6.45) is 0. The fraction of sp³-hybridized carbons (Fsp3) is 0. The largest absolute Gasteiger partial charge is 0.506 e. The van der Waals surface area contributed by atoms with Gasteiger partial charge >= 0.3 is 0 Å². The number of thiophene rings is 1. The number of rotatable bonds is 2. The van der Waals surface area contributed by atoms with Gasteiger partial charge in [0.2, 0.25) is 0 Å². The molecule has 0 saturated carbocycles. The Morgan fingerprint density at radius 3 is 2.53 bits per heavy atom. The van der Waals surface area contributed by atoms with E-state index in [0.29, 0.717) is 4.88 Å². The number of halogens is 1. The van der Waals surface area contributed by atoms with Gasteiger partial charge in [-0.25, -0.2) is 0 Å². The maximum absolute atomic E-state index is 11.7. The second kappa shape index (κ2) is 5.73. The Morgan fingerprint density at radius 1 is 1.16 bits per heavy atom. The highest BCUT2D eigenvalue weighted by molar-refractivity contribution is 7.12. The summed E-state index contributed by atoms with van der Waals surface area (Å²) in [5, 5.41) is 11.1. The molecule has 2 aromatic rings. The minimum Gasteiger partial charge on any atom is -0.506 e. The van der Waals surface area contributed by atoms with Gasteiger partial charge in [0.25, 0.3) is 11.8 Å². The standard InChI is InChI=1S/C12H9ClN2O3S/c13-8-6-7(3-4-9(8)16)11(17)14-15-12(18)10-2-1-5-19-10/h1-6,16H,(H,14,17)(H,15,18). The van der Waals surface area contributed by atoms with Gasteiger partial charge in [-0.2, -0.15) is 0 Å². The topological polar surface area (TPSA) is 78.4 Å². The van der Waals surface area contributed by atoms with Crippen molar-refractivity contribution in [2.24, 2.45) is 0 Å². The maximum Gasteiger partial charge on any atom is 0.279 e. The zero-order valence-electron chi connectivity index (χ0n) is 9.51. The van der Waals surface area contributed by atoms with Crippen molar-refractivity contribution in [1.29, 1.82) is 0 Å². The Kier molecular flexibility index (Phi) is 4.03. The summed E-state index contributed by atoms with van der Waals surface area (Å²) in [6.45, 7) is 0. The van der Waals surface area contributed by atoms with Crippen LogP contribution in [0, 0.1) is 0 Å². The average molecular weight is 297 g/mol. The predicted octanol–water partition coefficient (Wildman–Crippen LogP) is 2.18. The van der Waals surface area contributed by atoms with E-state index >= 15 is 0 Å². The smallest absolute Gasteiger partial charge is 0.279 e. The molecule has 0 unspecified atom stereocenters. The van der Waals surface area contributed by atoms with Crippen molar-refractivity contribution in [2.45, 2.75) is 0 Å². The summed E-state index contributed by atoms with van der Waals surface area (Å²) in [7, 11) is 0. The molecule has 1 heterocycles. The van der Waals surface area contributed by atoms with Gasteiger partial charge in [0.05, 0.1) is 9.90 Å². The van der Waals surface area contributed by atoms with Crippen molar-refractivity contribution in [1.82, 2.24) is 10.9 Å². The van der Waals surface area contributed by atoms with Crippen LogP contribution >= 0.6 is 22.9 Å². The Bertz CT molecular complexity index is 613. The fourth-order valence-corrected chi connectivity index (χ4v) is 2.10. The molecule has 98 valence electrons. The molecule has 0 aliphatic rings. The number of nitrogens with one attached hydrogen (secondary N) is 2. The lowest BCUT2D eigenvalue weighted by Gasteiger charge is -2.06. The third-order valence-electron chi connectivity index (χ3n) is 2.24. The quantitative estimate of drug-likeness (QED) is 0.743. The second-order valence-electron chi connectivity index (χ2n) is 3.55. The number of benzene rings is 1. The van der Waals surface area contributed by atoms with Crippen LogP contribution in [0.3, 0.4) is 0 Å². The molecule has 3 N–H and O–H groups in total. The summed E-state index contributed by atoms with van der Waals surface area (Å²) in [6, 6.07) is 7.39. The Hall–Kier alpha value is -2.05. The molecule has 5 nitrogen and oxygen atoms in total. The SMILES string of the molecule is O=C(NNC(=O)c1cccs1)c1ccc(O)c(Cl)c1. The molecule has 0 aliphatic heterocycles. The lowest BCUT2D eigenvalue weighted by atomic mass is 10.2. The number of carbonyl (C=O) groups excluding carboxylic acids is 2. The highest BCUT2D eigenvalue weighted by atomic mass is 35.5.